The average molecular weight is 262 g/mol. The molecule has 0 spiro atoms. The third-order valence-corrected chi connectivity index (χ3v) is 3.81. The summed E-state index contributed by atoms with van der Waals surface area (Å²) in [6.45, 7) is 4.58. The molecule has 0 saturated heterocycles. The molecular weight excluding hydrogens is 240 g/mol. The number of carbonyl (C=O) groups excluding carboxylic acids is 1. The van der Waals surface area contributed by atoms with Gasteiger partial charge in [-0.25, -0.2) is 0 Å². The summed E-state index contributed by atoms with van der Waals surface area (Å²) in [5.41, 5.74) is 8.53. The molecule has 104 valence electrons. The number of aliphatic hydroxyl groups excluding tert-OH is 1. The Kier molecular flexibility index (Phi) is 3.92. The summed E-state index contributed by atoms with van der Waals surface area (Å²) in [6, 6.07) is 6.04. The molecule has 0 unspecified atom stereocenters. The topological polar surface area (TPSA) is 66.6 Å². The van der Waals surface area contributed by atoms with Crippen LogP contribution in [0.15, 0.2) is 18.2 Å². The van der Waals surface area contributed by atoms with E-state index in [2.05, 4.69) is 6.07 Å². The van der Waals surface area contributed by atoms with Crippen LogP contribution < -0.4 is 10.6 Å². The lowest BCUT2D eigenvalue weighted by atomic mass is 9.91. The van der Waals surface area contributed by atoms with Crippen molar-refractivity contribution in [3.8, 4) is 0 Å². The molecule has 4 nitrogen and oxygen atoms in total. The summed E-state index contributed by atoms with van der Waals surface area (Å²) in [5, 5.41) is 9.19. The minimum atomic E-state index is -0.370. The summed E-state index contributed by atoms with van der Waals surface area (Å²) in [7, 11) is 0. The molecular formula is C15H22N2O2. The molecule has 0 aromatic heterocycles. The van der Waals surface area contributed by atoms with E-state index in [0.717, 1.165) is 17.7 Å². The van der Waals surface area contributed by atoms with Crippen molar-refractivity contribution in [2.45, 2.75) is 45.2 Å². The van der Waals surface area contributed by atoms with Crippen LogP contribution in [0.25, 0.3) is 0 Å². The number of aryl methyl sites for hydroxylation is 1. The van der Waals surface area contributed by atoms with Crippen molar-refractivity contribution in [2.75, 3.05) is 11.5 Å². The number of amides is 1. The van der Waals surface area contributed by atoms with Gasteiger partial charge in [0.2, 0.25) is 5.91 Å². The van der Waals surface area contributed by atoms with Crippen LogP contribution in [-0.2, 0) is 17.8 Å². The Morgan fingerprint density at radius 2 is 2.11 bits per heavy atom. The fourth-order valence-electron chi connectivity index (χ4n) is 2.72. The minimum absolute atomic E-state index is 0.0764. The molecule has 0 radical (unpaired) electrons. The third-order valence-electron chi connectivity index (χ3n) is 3.81. The smallest absolute Gasteiger partial charge is 0.227 e. The molecule has 4 heteroatoms. The van der Waals surface area contributed by atoms with Crippen LogP contribution in [0, 0.1) is 0 Å². The van der Waals surface area contributed by atoms with Crippen LogP contribution in [0.2, 0.25) is 0 Å². The van der Waals surface area contributed by atoms with Crippen molar-refractivity contribution < 1.29 is 9.90 Å². The number of benzene rings is 1. The fraction of sp³-hybridized carbons (Fsp3) is 0.533. The number of nitrogens with two attached hydrogens (primary N) is 1. The number of carbonyl (C=O) groups is 1. The van der Waals surface area contributed by atoms with Gasteiger partial charge in [-0.3, -0.25) is 4.79 Å². The van der Waals surface area contributed by atoms with E-state index >= 15 is 0 Å². The van der Waals surface area contributed by atoms with Crippen LogP contribution >= 0.6 is 0 Å². The van der Waals surface area contributed by atoms with Crippen LogP contribution in [0.5, 0.6) is 0 Å². The first-order valence-electron chi connectivity index (χ1n) is 6.75. The zero-order chi connectivity index (χ0) is 14.0. The fourth-order valence-corrected chi connectivity index (χ4v) is 2.72. The highest BCUT2D eigenvalue weighted by Gasteiger charge is 2.35. The lowest BCUT2D eigenvalue weighted by molar-refractivity contribution is -0.120. The van der Waals surface area contributed by atoms with E-state index in [-0.39, 0.29) is 18.1 Å². The Hall–Kier alpha value is -1.39. The number of aliphatic hydroxyl groups is 1. The Morgan fingerprint density at radius 1 is 1.37 bits per heavy atom. The van der Waals surface area contributed by atoms with Crippen molar-refractivity contribution in [3.63, 3.8) is 0 Å². The van der Waals surface area contributed by atoms with Gasteiger partial charge in [0.1, 0.15) is 0 Å². The maximum Gasteiger partial charge on any atom is 0.227 e. The Balaban J connectivity index is 2.43. The molecule has 1 amide bonds. The normalized spacial score (nSPS) is 15.6. The standard InChI is InChI=1S/C15H22N2O2/c1-15(2,7-8-18)17-13-5-3-11(10-16)9-12(13)4-6-14(17)19/h3,5,9,18H,4,6-8,10,16H2,1-2H3. The maximum atomic E-state index is 12.3. The predicted molar refractivity (Wildman–Crippen MR) is 75.9 cm³/mol. The van der Waals surface area contributed by atoms with Gasteiger partial charge < -0.3 is 15.7 Å². The quantitative estimate of drug-likeness (QED) is 0.866. The molecule has 1 aliphatic rings. The highest BCUT2D eigenvalue weighted by Crippen LogP contribution is 2.35. The minimum Gasteiger partial charge on any atom is -0.396 e. The summed E-state index contributed by atoms with van der Waals surface area (Å²) >= 11 is 0. The molecule has 2 rings (SSSR count). The number of fused-ring (bicyclic) bond motifs is 1. The van der Waals surface area contributed by atoms with Gasteiger partial charge in [-0.15, -0.1) is 0 Å². The van der Waals surface area contributed by atoms with E-state index in [1.54, 1.807) is 0 Å². The summed E-state index contributed by atoms with van der Waals surface area (Å²) in [5.74, 6) is 0.131. The molecule has 19 heavy (non-hydrogen) atoms. The molecule has 0 saturated carbocycles. The summed E-state index contributed by atoms with van der Waals surface area (Å²) < 4.78 is 0. The lowest BCUT2D eigenvalue weighted by Crippen LogP contribution is -2.50. The monoisotopic (exact) mass is 262 g/mol. The molecule has 1 aliphatic heterocycles. The Morgan fingerprint density at radius 3 is 2.74 bits per heavy atom. The second-order valence-corrected chi connectivity index (χ2v) is 5.68. The number of hydrogen-bond donors (Lipinski definition) is 2. The van der Waals surface area contributed by atoms with E-state index in [1.807, 2.05) is 30.9 Å². The predicted octanol–water partition coefficient (Wildman–Crippen LogP) is 1.59. The van der Waals surface area contributed by atoms with Gasteiger partial charge in [0, 0.05) is 30.8 Å². The van der Waals surface area contributed by atoms with Gasteiger partial charge in [-0.1, -0.05) is 12.1 Å². The second kappa shape index (κ2) is 5.31. The number of anilines is 1. The average Bonchev–Trinajstić information content (AvgIpc) is 2.37. The van der Waals surface area contributed by atoms with Crippen LogP contribution in [0.3, 0.4) is 0 Å². The van der Waals surface area contributed by atoms with Crippen LogP contribution in [0.4, 0.5) is 5.69 Å². The van der Waals surface area contributed by atoms with Gasteiger partial charge in [-0.2, -0.15) is 0 Å². The SMILES string of the molecule is CC(C)(CCO)N1C(=O)CCc2cc(CN)ccc21. The molecule has 0 atom stereocenters. The van der Waals surface area contributed by atoms with E-state index in [1.165, 1.54) is 5.56 Å². The zero-order valence-electron chi connectivity index (χ0n) is 11.6. The largest absolute Gasteiger partial charge is 0.396 e. The first-order chi connectivity index (χ1) is 8.99. The Bertz CT molecular complexity index is 483. The van der Waals surface area contributed by atoms with Crippen molar-refractivity contribution in [3.05, 3.63) is 29.3 Å². The molecule has 1 aromatic carbocycles. The van der Waals surface area contributed by atoms with E-state index in [4.69, 9.17) is 5.73 Å². The molecule has 1 aromatic rings. The van der Waals surface area contributed by atoms with Gasteiger partial charge in [0.25, 0.3) is 0 Å². The third kappa shape index (κ3) is 2.65. The van der Waals surface area contributed by atoms with Gasteiger partial charge >= 0.3 is 0 Å². The molecule has 3 N–H and O–H groups in total. The Labute approximate surface area is 114 Å². The number of rotatable bonds is 4. The van der Waals surface area contributed by atoms with Gasteiger partial charge in [-0.05, 0) is 43.9 Å². The lowest BCUT2D eigenvalue weighted by Gasteiger charge is -2.42. The van der Waals surface area contributed by atoms with E-state index in [9.17, 15) is 9.90 Å². The van der Waals surface area contributed by atoms with Crippen molar-refractivity contribution in [1.29, 1.82) is 0 Å². The first kappa shape index (κ1) is 14.0. The van der Waals surface area contributed by atoms with Crippen molar-refractivity contribution in [2.24, 2.45) is 5.73 Å². The zero-order valence-corrected chi connectivity index (χ0v) is 11.6. The first-order valence-corrected chi connectivity index (χ1v) is 6.75. The molecule has 0 aliphatic carbocycles. The summed E-state index contributed by atoms with van der Waals surface area (Å²) in [6.07, 6.45) is 1.86. The van der Waals surface area contributed by atoms with Gasteiger partial charge in [0.15, 0.2) is 0 Å². The highest BCUT2D eigenvalue weighted by molar-refractivity contribution is 5.97. The van der Waals surface area contributed by atoms with E-state index in [0.29, 0.717) is 19.4 Å². The number of nitrogens with zero attached hydrogens (tertiary/aromatic N) is 1. The molecule has 0 fully saturated rings. The van der Waals surface area contributed by atoms with Crippen molar-refractivity contribution >= 4 is 11.6 Å². The van der Waals surface area contributed by atoms with Gasteiger partial charge in [0.05, 0.1) is 0 Å². The molecule has 0 bridgehead atoms. The van der Waals surface area contributed by atoms with Crippen molar-refractivity contribution in [1.82, 2.24) is 0 Å². The van der Waals surface area contributed by atoms with Crippen LogP contribution in [0.1, 0.15) is 37.8 Å². The maximum absolute atomic E-state index is 12.3. The molecule has 1 heterocycles. The number of hydrogen-bond acceptors (Lipinski definition) is 3. The van der Waals surface area contributed by atoms with E-state index < -0.39 is 0 Å². The second-order valence-electron chi connectivity index (χ2n) is 5.68. The highest BCUT2D eigenvalue weighted by atomic mass is 16.3. The van der Waals surface area contributed by atoms with Crippen LogP contribution in [-0.4, -0.2) is 23.2 Å². The summed E-state index contributed by atoms with van der Waals surface area (Å²) in [4.78, 5) is 14.1.